The number of amides is 3. The fourth-order valence-electron chi connectivity index (χ4n) is 3.68. The summed E-state index contributed by atoms with van der Waals surface area (Å²) in [6, 6.07) is 10.5. The third kappa shape index (κ3) is 3.85. The van der Waals surface area contributed by atoms with Crippen molar-refractivity contribution < 1.29 is 19.2 Å². The molecule has 0 saturated carbocycles. The zero-order valence-corrected chi connectivity index (χ0v) is 15.6. The number of carbonyl (C=O) groups is 4. The van der Waals surface area contributed by atoms with Crippen molar-refractivity contribution in [2.45, 2.75) is 25.8 Å². The molecular formula is C22H19N3O4. The normalized spacial score (nSPS) is 19.8. The summed E-state index contributed by atoms with van der Waals surface area (Å²) in [5, 5.41) is 5.15. The van der Waals surface area contributed by atoms with E-state index in [9.17, 15) is 19.2 Å². The van der Waals surface area contributed by atoms with E-state index in [-0.39, 0.29) is 36.5 Å². The fraction of sp³-hybridized carbons (Fsp3) is 0.227. The lowest BCUT2D eigenvalue weighted by Gasteiger charge is -2.18. The van der Waals surface area contributed by atoms with E-state index in [1.165, 1.54) is 0 Å². The van der Waals surface area contributed by atoms with E-state index in [0.717, 1.165) is 11.1 Å². The van der Waals surface area contributed by atoms with Gasteiger partial charge in [0, 0.05) is 36.7 Å². The number of allylic oxidation sites excluding steroid dienone is 1. The van der Waals surface area contributed by atoms with Gasteiger partial charge in [-0.25, -0.2) is 0 Å². The standard InChI is InChI=1S/C22H19N3O4/c26-19-8-7-13(21(28)25-19)10-15-11-17-14(4-3-5-16(17)20(15)27)12-24-22(29)18-6-1-2-9-23-18/h1-6,9-10,13H,7-8,11-12H2,(H,24,29)(H,25,26,28). The van der Waals surface area contributed by atoms with Gasteiger partial charge in [-0.2, -0.15) is 0 Å². The molecule has 1 aromatic heterocycles. The molecular weight excluding hydrogens is 370 g/mol. The number of pyridine rings is 1. The number of nitrogens with one attached hydrogen (secondary N) is 2. The highest BCUT2D eigenvalue weighted by Crippen LogP contribution is 2.31. The highest BCUT2D eigenvalue weighted by Gasteiger charge is 2.31. The lowest BCUT2D eigenvalue weighted by molar-refractivity contribution is -0.135. The van der Waals surface area contributed by atoms with Crippen molar-refractivity contribution in [2.75, 3.05) is 0 Å². The second-order valence-electron chi connectivity index (χ2n) is 7.10. The topological polar surface area (TPSA) is 105 Å². The number of hydrogen-bond donors (Lipinski definition) is 2. The molecule has 0 radical (unpaired) electrons. The molecule has 2 N–H and O–H groups in total. The molecule has 2 heterocycles. The van der Waals surface area contributed by atoms with Crippen molar-refractivity contribution in [2.24, 2.45) is 5.92 Å². The van der Waals surface area contributed by atoms with Crippen LogP contribution in [0.4, 0.5) is 0 Å². The van der Waals surface area contributed by atoms with Crippen LogP contribution in [0.25, 0.3) is 0 Å². The lowest BCUT2D eigenvalue weighted by atomic mass is 9.94. The van der Waals surface area contributed by atoms with Crippen LogP contribution in [0.3, 0.4) is 0 Å². The molecule has 1 aromatic carbocycles. The summed E-state index contributed by atoms with van der Waals surface area (Å²) in [6.45, 7) is 0.275. The third-order valence-corrected chi connectivity index (χ3v) is 5.20. The summed E-state index contributed by atoms with van der Waals surface area (Å²) >= 11 is 0. The Labute approximate surface area is 167 Å². The molecule has 1 atom stereocenters. The van der Waals surface area contributed by atoms with Gasteiger partial charge in [0.25, 0.3) is 5.91 Å². The molecule has 1 aliphatic carbocycles. The molecule has 1 unspecified atom stereocenters. The predicted molar refractivity (Wildman–Crippen MR) is 104 cm³/mol. The summed E-state index contributed by atoms with van der Waals surface area (Å²) in [5.74, 6) is -1.51. The number of aromatic nitrogens is 1. The summed E-state index contributed by atoms with van der Waals surface area (Å²) < 4.78 is 0. The quantitative estimate of drug-likeness (QED) is 0.612. The van der Waals surface area contributed by atoms with Gasteiger partial charge in [0.2, 0.25) is 11.8 Å². The second-order valence-corrected chi connectivity index (χ2v) is 7.10. The van der Waals surface area contributed by atoms with Gasteiger partial charge in [-0.15, -0.1) is 0 Å². The average Bonchev–Trinajstić information content (AvgIpc) is 3.05. The third-order valence-electron chi connectivity index (χ3n) is 5.20. The summed E-state index contributed by atoms with van der Waals surface area (Å²) in [7, 11) is 0. The largest absolute Gasteiger partial charge is 0.347 e. The monoisotopic (exact) mass is 389 g/mol. The summed E-state index contributed by atoms with van der Waals surface area (Å²) in [5.41, 5.74) is 3.19. The van der Waals surface area contributed by atoms with Gasteiger partial charge in [-0.05, 0) is 29.7 Å². The van der Waals surface area contributed by atoms with Crippen molar-refractivity contribution in [3.05, 3.63) is 76.6 Å². The zero-order chi connectivity index (χ0) is 20.4. The Morgan fingerprint density at radius 2 is 2.03 bits per heavy atom. The number of fused-ring (bicyclic) bond motifs is 1. The van der Waals surface area contributed by atoms with E-state index in [0.29, 0.717) is 29.7 Å². The molecule has 1 saturated heterocycles. The van der Waals surface area contributed by atoms with Gasteiger partial charge in [0.15, 0.2) is 5.78 Å². The van der Waals surface area contributed by atoms with Crippen LogP contribution in [0.2, 0.25) is 0 Å². The molecule has 1 fully saturated rings. The van der Waals surface area contributed by atoms with Gasteiger partial charge in [0.05, 0.1) is 5.92 Å². The van der Waals surface area contributed by atoms with Gasteiger partial charge < -0.3 is 5.32 Å². The smallest absolute Gasteiger partial charge is 0.270 e. The van der Waals surface area contributed by atoms with Gasteiger partial charge in [-0.1, -0.05) is 30.3 Å². The number of benzene rings is 1. The van der Waals surface area contributed by atoms with Crippen LogP contribution in [0.1, 0.15) is 44.8 Å². The first kappa shape index (κ1) is 18.7. The predicted octanol–water partition coefficient (Wildman–Crippen LogP) is 1.73. The van der Waals surface area contributed by atoms with Crippen LogP contribution in [0.5, 0.6) is 0 Å². The Hall–Kier alpha value is -3.61. The zero-order valence-electron chi connectivity index (χ0n) is 15.6. The molecule has 1 aliphatic heterocycles. The molecule has 2 aromatic rings. The number of hydrogen-bond acceptors (Lipinski definition) is 5. The van der Waals surface area contributed by atoms with Gasteiger partial charge >= 0.3 is 0 Å². The molecule has 29 heavy (non-hydrogen) atoms. The minimum atomic E-state index is -0.478. The molecule has 4 rings (SSSR count). The Kier molecular flexibility index (Phi) is 5.03. The molecule has 0 spiro atoms. The molecule has 3 amide bonds. The van der Waals surface area contributed by atoms with E-state index in [4.69, 9.17) is 0 Å². The van der Waals surface area contributed by atoms with Gasteiger partial charge in [-0.3, -0.25) is 29.5 Å². The number of ketones is 1. The number of Topliss-reactive ketones (excluding diaryl/α,β-unsaturated/α-hetero) is 1. The summed E-state index contributed by atoms with van der Waals surface area (Å²) in [4.78, 5) is 52.4. The summed E-state index contributed by atoms with van der Waals surface area (Å²) in [6.07, 6.45) is 4.32. The van der Waals surface area contributed by atoms with Crippen molar-refractivity contribution >= 4 is 23.5 Å². The SMILES string of the molecule is O=C1CCC(C=C2Cc3c(CNC(=O)c4ccccn4)cccc3C2=O)C(=O)N1. The van der Waals surface area contributed by atoms with Crippen molar-refractivity contribution in [3.8, 4) is 0 Å². The molecule has 7 nitrogen and oxygen atoms in total. The maximum atomic E-state index is 12.8. The highest BCUT2D eigenvalue weighted by molar-refractivity contribution is 6.14. The Morgan fingerprint density at radius 1 is 1.17 bits per heavy atom. The Morgan fingerprint density at radius 3 is 2.79 bits per heavy atom. The van der Waals surface area contributed by atoms with Crippen LogP contribution in [-0.2, 0) is 22.6 Å². The first-order valence-electron chi connectivity index (χ1n) is 9.42. The number of nitrogens with zero attached hydrogens (tertiary/aromatic N) is 1. The highest BCUT2D eigenvalue weighted by atomic mass is 16.2. The number of rotatable bonds is 4. The molecule has 0 bridgehead atoms. The molecule has 7 heteroatoms. The Balaban J connectivity index is 1.51. The Bertz CT molecular complexity index is 1040. The van der Waals surface area contributed by atoms with Crippen molar-refractivity contribution in [3.63, 3.8) is 0 Å². The maximum absolute atomic E-state index is 12.8. The van der Waals surface area contributed by atoms with Crippen molar-refractivity contribution in [1.29, 1.82) is 0 Å². The first-order valence-corrected chi connectivity index (χ1v) is 9.42. The minimum absolute atomic E-state index is 0.109. The van der Waals surface area contributed by atoms with Gasteiger partial charge in [0.1, 0.15) is 5.69 Å². The minimum Gasteiger partial charge on any atom is -0.347 e. The lowest BCUT2D eigenvalue weighted by Crippen LogP contribution is -2.40. The van der Waals surface area contributed by atoms with E-state index < -0.39 is 5.92 Å². The average molecular weight is 389 g/mol. The van der Waals surface area contributed by atoms with Crippen LogP contribution in [0, 0.1) is 5.92 Å². The van der Waals surface area contributed by atoms with E-state index >= 15 is 0 Å². The van der Waals surface area contributed by atoms with E-state index in [1.807, 2.05) is 6.07 Å². The maximum Gasteiger partial charge on any atom is 0.270 e. The van der Waals surface area contributed by atoms with E-state index in [1.54, 1.807) is 42.6 Å². The molecule has 2 aliphatic rings. The van der Waals surface area contributed by atoms with Crippen LogP contribution < -0.4 is 10.6 Å². The van der Waals surface area contributed by atoms with Crippen LogP contribution >= 0.6 is 0 Å². The van der Waals surface area contributed by atoms with Crippen LogP contribution in [0.15, 0.2) is 54.2 Å². The fourth-order valence-corrected chi connectivity index (χ4v) is 3.68. The number of imide groups is 1. The molecule has 146 valence electrons. The second kappa shape index (κ2) is 7.79. The first-order chi connectivity index (χ1) is 14.0. The van der Waals surface area contributed by atoms with E-state index in [2.05, 4.69) is 15.6 Å². The van der Waals surface area contributed by atoms with Crippen LogP contribution in [-0.4, -0.2) is 28.5 Å². The van der Waals surface area contributed by atoms with Crippen molar-refractivity contribution in [1.82, 2.24) is 15.6 Å². The number of piperidine rings is 1. The number of carbonyl (C=O) groups excluding carboxylic acids is 4.